The van der Waals surface area contributed by atoms with E-state index < -0.39 is 0 Å². The lowest BCUT2D eigenvalue weighted by Crippen LogP contribution is -2.53. The maximum Gasteiger partial charge on any atom is 0.230 e. The summed E-state index contributed by atoms with van der Waals surface area (Å²) < 4.78 is 13.5. The van der Waals surface area contributed by atoms with E-state index in [2.05, 4.69) is 5.32 Å². The second kappa shape index (κ2) is 9.22. The van der Waals surface area contributed by atoms with Gasteiger partial charge < -0.3 is 10.2 Å². The highest BCUT2D eigenvalue weighted by Crippen LogP contribution is 2.49. The Morgan fingerprint density at radius 1 is 1.12 bits per heavy atom. The molecular formula is C26H30ClFN2O2. The molecule has 2 aromatic carbocycles. The number of rotatable bonds is 4. The van der Waals surface area contributed by atoms with Crippen LogP contribution in [0.3, 0.4) is 0 Å². The number of amides is 2. The van der Waals surface area contributed by atoms with Crippen molar-refractivity contribution in [2.75, 3.05) is 19.6 Å². The topological polar surface area (TPSA) is 49.4 Å². The number of piperidine rings is 2. The van der Waals surface area contributed by atoms with Gasteiger partial charge >= 0.3 is 0 Å². The predicted octanol–water partition coefficient (Wildman–Crippen LogP) is 5.13. The van der Waals surface area contributed by atoms with Crippen LogP contribution < -0.4 is 5.32 Å². The molecule has 2 aromatic rings. The SMILES string of the molecule is CC(C)C(C(=O)N1CCC2(CC1)CC(=O)NCC2c1ccc(F)cc1)c1ccccc1Cl. The Morgan fingerprint density at radius 3 is 2.41 bits per heavy atom. The van der Waals surface area contributed by atoms with Gasteiger partial charge in [0, 0.05) is 37.0 Å². The van der Waals surface area contributed by atoms with E-state index in [1.807, 2.05) is 55.1 Å². The van der Waals surface area contributed by atoms with Gasteiger partial charge in [0.2, 0.25) is 11.8 Å². The van der Waals surface area contributed by atoms with E-state index in [1.165, 1.54) is 12.1 Å². The molecule has 0 aliphatic carbocycles. The fourth-order valence-corrected chi connectivity index (χ4v) is 5.76. The standard InChI is InChI=1S/C26H30ClFN2O2/c1-17(2)24(20-5-3-4-6-22(20)27)25(32)30-13-11-26(12-14-30)15-23(31)29-16-21(26)18-7-9-19(28)10-8-18/h3-10,17,21,24H,11-16H2,1-2H3,(H,29,31). The van der Waals surface area contributed by atoms with Gasteiger partial charge in [-0.1, -0.05) is 55.8 Å². The monoisotopic (exact) mass is 456 g/mol. The van der Waals surface area contributed by atoms with Crippen molar-refractivity contribution in [3.63, 3.8) is 0 Å². The lowest BCUT2D eigenvalue weighted by atomic mass is 9.62. The molecule has 0 bridgehead atoms. The summed E-state index contributed by atoms with van der Waals surface area (Å²) in [4.78, 5) is 27.8. The molecule has 2 aliphatic heterocycles. The van der Waals surface area contributed by atoms with Gasteiger partial charge in [0.05, 0.1) is 5.92 Å². The Balaban J connectivity index is 1.54. The second-order valence-electron chi connectivity index (χ2n) is 9.52. The van der Waals surface area contributed by atoms with Gasteiger partial charge in [-0.2, -0.15) is 0 Å². The number of benzene rings is 2. The number of nitrogens with zero attached hydrogens (tertiary/aromatic N) is 1. The molecule has 2 aliphatic rings. The highest BCUT2D eigenvalue weighted by Gasteiger charge is 2.47. The maximum absolute atomic E-state index is 13.6. The van der Waals surface area contributed by atoms with Crippen molar-refractivity contribution in [1.29, 1.82) is 0 Å². The molecule has 6 heteroatoms. The lowest BCUT2D eigenvalue weighted by molar-refractivity contribution is -0.138. The lowest BCUT2D eigenvalue weighted by Gasteiger charge is -2.49. The average molecular weight is 457 g/mol. The Labute approximate surface area is 194 Å². The molecule has 4 nitrogen and oxygen atoms in total. The number of hydrogen-bond donors (Lipinski definition) is 1. The number of hydrogen-bond acceptors (Lipinski definition) is 2. The molecule has 1 N–H and O–H groups in total. The first-order valence-corrected chi connectivity index (χ1v) is 11.7. The van der Waals surface area contributed by atoms with Crippen LogP contribution in [0.5, 0.6) is 0 Å². The van der Waals surface area contributed by atoms with E-state index in [1.54, 1.807) is 0 Å². The van der Waals surface area contributed by atoms with Crippen LogP contribution >= 0.6 is 11.6 Å². The molecule has 2 saturated heterocycles. The third-order valence-corrected chi connectivity index (χ3v) is 7.62. The first kappa shape index (κ1) is 22.8. The highest BCUT2D eigenvalue weighted by molar-refractivity contribution is 6.31. The number of carbonyl (C=O) groups excluding carboxylic acids is 2. The van der Waals surface area contributed by atoms with Crippen molar-refractivity contribution in [1.82, 2.24) is 10.2 Å². The molecule has 4 rings (SSSR count). The second-order valence-corrected chi connectivity index (χ2v) is 9.92. The summed E-state index contributed by atoms with van der Waals surface area (Å²) in [5, 5.41) is 3.60. The number of carbonyl (C=O) groups is 2. The first-order valence-electron chi connectivity index (χ1n) is 11.4. The van der Waals surface area contributed by atoms with Crippen LogP contribution in [0, 0.1) is 17.2 Å². The molecule has 0 saturated carbocycles. The Bertz CT molecular complexity index is 984. The van der Waals surface area contributed by atoms with Crippen LogP contribution in [0.4, 0.5) is 4.39 Å². The van der Waals surface area contributed by atoms with E-state index in [-0.39, 0.29) is 40.8 Å². The van der Waals surface area contributed by atoms with Crippen LogP contribution in [0.2, 0.25) is 5.02 Å². The van der Waals surface area contributed by atoms with Crippen molar-refractivity contribution in [3.05, 3.63) is 70.5 Å². The van der Waals surface area contributed by atoms with Gasteiger partial charge in [-0.05, 0) is 53.5 Å². The van der Waals surface area contributed by atoms with Gasteiger partial charge in [0.15, 0.2) is 0 Å². The maximum atomic E-state index is 13.6. The summed E-state index contributed by atoms with van der Waals surface area (Å²) in [5.41, 5.74) is 1.70. The summed E-state index contributed by atoms with van der Waals surface area (Å²) in [6, 6.07) is 14.2. The molecule has 1 spiro atoms. The zero-order chi connectivity index (χ0) is 22.9. The van der Waals surface area contributed by atoms with Crippen molar-refractivity contribution in [2.24, 2.45) is 11.3 Å². The summed E-state index contributed by atoms with van der Waals surface area (Å²) in [5.74, 6) is -0.170. The minimum Gasteiger partial charge on any atom is -0.355 e. The molecule has 0 aromatic heterocycles. The third-order valence-electron chi connectivity index (χ3n) is 7.27. The Morgan fingerprint density at radius 2 is 1.78 bits per heavy atom. The fourth-order valence-electron chi connectivity index (χ4n) is 5.50. The van der Waals surface area contributed by atoms with E-state index in [9.17, 15) is 14.0 Å². The van der Waals surface area contributed by atoms with Crippen LogP contribution in [-0.2, 0) is 9.59 Å². The summed E-state index contributed by atoms with van der Waals surface area (Å²) in [7, 11) is 0. The molecule has 32 heavy (non-hydrogen) atoms. The smallest absolute Gasteiger partial charge is 0.230 e. The molecule has 2 heterocycles. The molecule has 0 radical (unpaired) electrons. The van der Waals surface area contributed by atoms with Crippen LogP contribution in [0.1, 0.15) is 56.1 Å². The van der Waals surface area contributed by atoms with Crippen LogP contribution in [-0.4, -0.2) is 36.3 Å². The van der Waals surface area contributed by atoms with Gasteiger partial charge in [-0.15, -0.1) is 0 Å². The predicted molar refractivity (Wildman–Crippen MR) is 124 cm³/mol. The molecule has 2 unspecified atom stereocenters. The molecule has 2 atom stereocenters. The van der Waals surface area contributed by atoms with Gasteiger partial charge in [0.25, 0.3) is 0 Å². The summed E-state index contributed by atoms with van der Waals surface area (Å²) in [6.07, 6.45) is 1.94. The van der Waals surface area contributed by atoms with E-state index >= 15 is 0 Å². The summed E-state index contributed by atoms with van der Waals surface area (Å²) >= 11 is 6.43. The zero-order valence-corrected chi connectivity index (χ0v) is 19.4. The highest BCUT2D eigenvalue weighted by atomic mass is 35.5. The quantitative estimate of drug-likeness (QED) is 0.693. The van der Waals surface area contributed by atoms with Crippen molar-refractivity contribution in [2.45, 2.75) is 44.9 Å². The number of likely N-dealkylation sites (tertiary alicyclic amines) is 1. The van der Waals surface area contributed by atoms with Crippen LogP contribution in [0.15, 0.2) is 48.5 Å². The number of nitrogens with one attached hydrogen (secondary N) is 1. The minimum absolute atomic E-state index is 0.0549. The number of halogens is 2. The summed E-state index contributed by atoms with van der Waals surface area (Å²) in [6.45, 7) is 5.86. The van der Waals surface area contributed by atoms with Crippen LogP contribution in [0.25, 0.3) is 0 Å². The normalized spacial score (nSPS) is 21.5. The van der Waals surface area contributed by atoms with Crippen molar-refractivity contribution in [3.8, 4) is 0 Å². The Kier molecular flexibility index (Phi) is 6.57. The molecule has 2 amide bonds. The van der Waals surface area contributed by atoms with E-state index in [0.29, 0.717) is 31.1 Å². The fraction of sp³-hybridized carbons (Fsp3) is 0.462. The Hall–Kier alpha value is -2.40. The minimum atomic E-state index is -0.291. The van der Waals surface area contributed by atoms with Gasteiger partial charge in [-0.3, -0.25) is 9.59 Å². The molecule has 2 fully saturated rings. The van der Waals surface area contributed by atoms with E-state index in [0.717, 1.165) is 24.0 Å². The zero-order valence-electron chi connectivity index (χ0n) is 18.6. The van der Waals surface area contributed by atoms with Gasteiger partial charge in [-0.25, -0.2) is 4.39 Å². The van der Waals surface area contributed by atoms with E-state index in [4.69, 9.17) is 11.6 Å². The van der Waals surface area contributed by atoms with Crippen molar-refractivity contribution < 1.29 is 14.0 Å². The first-order chi connectivity index (χ1) is 15.3. The molecule has 170 valence electrons. The van der Waals surface area contributed by atoms with Gasteiger partial charge in [0.1, 0.15) is 5.82 Å². The largest absolute Gasteiger partial charge is 0.355 e. The average Bonchev–Trinajstić information content (AvgIpc) is 2.76. The van der Waals surface area contributed by atoms with Crippen molar-refractivity contribution >= 4 is 23.4 Å². The molecular weight excluding hydrogens is 427 g/mol. The third kappa shape index (κ3) is 4.40.